The molecule has 0 spiro atoms. The lowest BCUT2D eigenvalue weighted by Gasteiger charge is -2.33. The number of rotatable bonds is 4. The molecule has 0 aliphatic carbocycles. The zero-order chi connectivity index (χ0) is 15.5. The third-order valence-electron chi connectivity index (χ3n) is 3.83. The molecule has 1 heterocycles. The number of amides is 1. The molecule has 1 amide bonds. The highest BCUT2D eigenvalue weighted by molar-refractivity contribution is 7.92. The van der Waals surface area contributed by atoms with Crippen LogP contribution in [-0.4, -0.2) is 49.9 Å². The van der Waals surface area contributed by atoms with Crippen molar-refractivity contribution in [2.75, 3.05) is 19.3 Å². The van der Waals surface area contributed by atoms with Gasteiger partial charge >= 0.3 is 0 Å². The summed E-state index contributed by atoms with van der Waals surface area (Å²) < 4.78 is 24.0. The van der Waals surface area contributed by atoms with Crippen LogP contribution in [0.4, 0.5) is 0 Å². The first-order valence-corrected chi connectivity index (χ1v) is 9.10. The molecule has 1 fully saturated rings. The zero-order valence-corrected chi connectivity index (χ0v) is 13.1. The minimum atomic E-state index is -3.46. The molecule has 1 aliphatic rings. The van der Waals surface area contributed by atoms with E-state index in [4.69, 9.17) is 5.73 Å². The van der Waals surface area contributed by atoms with E-state index < -0.39 is 15.1 Å². The second-order valence-electron chi connectivity index (χ2n) is 5.69. The minimum Gasteiger partial charge on any atom is -0.340 e. The number of nitrogens with two attached hydrogens (primary N) is 1. The van der Waals surface area contributed by atoms with E-state index in [1.807, 2.05) is 30.3 Å². The molecule has 1 saturated heterocycles. The number of piperidine rings is 1. The van der Waals surface area contributed by atoms with Crippen LogP contribution >= 0.6 is 0 Å². The Bertz CT molecular complexity index is 586. The quantitative estimate of drug-likeness (QED) is 0.883. The smallest absolute Gasteiger partial charge is 0.241 e. The van der Waals surface area contributed by atoms with Crippen LogP contribution < -0.4 is 5.73 Å². The number of carbonyl (C=O) groups excluding carboxylic acids is 1. The molecule has 2 unspecified atom stereocenters. The number of hydrogen-bond acceptors (Lipinski definition) is 4. The second kappa shape index (κ2) is 6.58. The van der Waals surface area contributed by atoms with Crippen molar-refractivity contribution in [3.8, 4) is 0 Å². The van der Waals surface area contributed by atoms with Gasteiger partial charge in [-0.15, -0.1) is 0 Å². The fourth-order valence-electron chi connectivity index (χ4n) is 2.66. The number of sulfone groups is 1. The van der Waals surface area contributed by atoms with Gasteiger partial charge in [0.15, 0.2) is 9.84 Å². The summed E-state index contributed by atoms with van der Waals surface area (Å²) in [5, 5.41) is -1.02. The Morgan fingerprint density at radius 3 is 2.62 bits per heavy atom. The Balaban J connectivity index is 2.18. The Kier molecular flexibility index (Phi) is 5.00. The summed E-state index contributed by atoms with van der Waals surface area (Å²) in [4.78, 5) is 14.2. The fourth-order valence-corrected chi connectivity index (χ4v) is 3.67. The van der Waals surface area contributed by atoms with Gasteiger partial charge in [0.1, 0.15) is 5.25 Å². The molecule has 1 aliphatic heterocycles. The average molecular weight is 310 g/mol. The molecule has 2 atom stereocenters. The number of benzene rings is 1. The van der Waals surface area contributed by atoms with E-state index in [-0.39, 0.29) is 18.4 Å². The van der Waals surface area contributed by atoms with Gasteiger partial charge in [-0.3, -0.25) is 4.79 Å². The molecular formula is C15H22N2O3S. The van der Waals surface area contributed by atoms with Crippen molar-refractivity contribution >= 4 is 15.7 Å². The first-order valence-electron chi connectivity index (χ1n) is 7.15. The normalized spacial score (nSPS) is 21.0. The lowest BCUT2D eigenvalue weighted by atomic mass is 10.0. The number of hydrogen-bond donors (Lipinski definition) is 1. The maximum absolute atomic E-state index is 12.6. The van der Waals surface area contributed by atoms with Crippen LogP contribution in [0.25, 0.3) is 0 Å². The molecule has 116 valence electrons. The van der Waals surface area contributed by atoms with Gasteiger partial charge in [0.05, 0.1) is 0 Å². The minimum absolute atomic E-state index is 0.0559. The van der Waals surface area contributed by atoms with Crippen molar-refractivity contribution in [1.82, 2.24) is 4.90 Å². The fraction of sp³-hybridized carbons (Fsp3) is 0.533. The van der Waals surface area contributed by atoms with Crippen molar-refractivity contribution in [3.05, 3.63) is 35.9 Å². The summed E-state index contributed by atoms with van der Waals surface area (Å²) in [5.41, 5.74) is 6.73. The summed E-state index contributed by atoms with van der Waals surface area (Å²) in [7, 11) is -3.46. The van der Waals surface area contributed by atoms with Crippen LogP contribution in [0.15, 0.2) is 30.3 Å². The summed E-state index contributed by atoms with van der Waals surface area (Å²) in [6.45, 7) is 1.03. The summed E-state index contributed by atoms with van der Waals surface area (Å²) in [5.74, 6) is -0.323. The van der Waals surface area contributed by atoms with Crippen molar-refractivity contribution in [1.29, 1.82) is 0 Å². The molecule has 1 aromatic carbocycles. The van der Waals surface area contributed by atoms with E-state index in [1.54, 1.807) is 4.90 Å². The van der Waals surface area contributed by atoms with Gasteiger partial charge in [-0.1, -0.05) is 30.3 Å². The van der Waals surface area contributed by atoms with E-state index in [2.05, 4.69) is 0 Å². The maximum atomic E-state index is 12.6. The molecule has 0 aromatic heterocycles. The van der Waals surface area contributed by atoms with Gasteiger partial charge in [-0.05, 0) is 24.8 Å². The summed E-state index contributed by atoms with van der Waals surface area (Å²) in [6.07, 6.45) is 3.05. The molecule has 2 rings (SSSR count). The first-order chi connectivity index (χ1) is 9.88. The van der Waals surface area contributed by atoms with Crippen LogP contribution in [0.1, 0.15) is 18.4 Å². The third kappa shape index (κ3) is 4.28. The van der Waals surface area contributed by atoms with Crippen LogP contribution in [0.5, 0.6) is 0 Å². The van der Waals surface area contributed by atoms with Crippen LogP contribution in [0.2, 0.25) is 0 Å². The summed E-state index contributed by atoms with van der Waals surface area (Å²) >= 11 is 0. The highest BCUT2D eigenvalue weighted by Crippen LogP contribution is 2.16. The molecule has 0 saturated carbocycles. The molecule has 1 aromatic rings. The molecule has 0 bridgehead atoms. The van der Waals surface area contributed by atoms with Gasteiger partial charge in [0.2, 0.25) is 5.91 Å². The largest absolute Gasteiger partial charge is 0.340 e. The van der Waals surface area contributed by atoms with Crippen LogP contribution in [0.3, 0.4) is 0 Å². The zero-order valence-electron chi connectivity index (χ0n) is 12.2. The van der Waals surface area contributed by atoms with Gasteiger partial charge in [-0.2, -0.15) is 0 Å². The highest BCUT2D eigenvalue weighted by atomic mass is 32.2. The monoisotopic (exact) mass is 310 g/mol. The lowest BCUT2D eigenvalue weighted by molar-refractivity contribution is -0.131. The van der Waals surface area contributed by atoms with Crippen molar-refractivity contribution in [3.63, 3.8) is 0 Å². The highest BCUT2D eigenvalue weighted by Gasteiger charge is 2.34. The van der Waals surface area contributed by atoms with Gasteiger partial charge in [-0.25, -0.2) is 8.42 Å². The average Bonchev–Trinajstić information content (AvgIpc) is 2.44. The van der Waals surface area contributed by atoms with Gasteiger partial charge < -0.3 is 10.6 Å². The molecule has 0 radical (unpaired) electrons. The molecule has 6 heteroatoms. The Labute approximate surface area is 126 Å². The maximum Gasteiger partial charge on any atom is 0.241 e. The van der Waals surface area contributed by atoms with Crippen molar-refractivity contribution in [2.24, 2.45) is 5.73 Å². The van der Waals surface area contributed by atoms with Gasteiger partial charge in [0, 0.05) is 25.4 Å². The topological polar surface area (TPSA) is 80.5 Å². The Morgan fingerprint density at radius 1 is 1.38 bits per heavy atom. The Morgan fingerprint density at radius 2 is 2.05 bits per heavy atom. The lowest BCUT2D eigenvalue weighted by Crippen LogP contribution is -2.51. The van der Waals surface area contributed by atoms with E-state index in [0.717, 1.165) is 24.7 Å². The van der Waals surface area contributed by atoms with Crippen LogP contribution in [-0.2, 0) is 21.1 Å². The van der Waals surface area contributed by atoms with E-state index >= 15 is 0 Å². The van der Waals surface area contributed by atoms with E-state index in [0.29, 0.717) is 13.1 Å². The Hall–Kier alpha value is -1.40. The SMILES string of the molecule is CS(=O)(=O)C(Cc1ccccc1)C(=O)N1CCCC(N)C1. The molecular weight excluding hydrogens is 288 g/mol. The molecule has 5 nitrogen and oxygen atoms in total. The van der Waals surface area contributed by atoms with Crippen molar-refractivity contribution < 1.29 is 13.2 Å². The number of carbonyl (C=O) groups is 1. The van der Waals surface area contributed by atoms with Crippen molar-refractivity contribution in [2.45, 2.75) is 30.6 Å². The third-order valence-corrected chi connectivity index (χ3v) is 5.23. The predicted molar refractivity (Wildman–Crippen MR) is 82.6 cm³/mol. The second-order valence-corrected chi connectivity index (χ2v) is 7.92. The molecule has 2 N–H and O–H groups in total. The summed E-state index contributed by atoms with van der Waals surface area (Å²) in [6, 6.07) is 9.18. The standard InChI is InChI=1S/C15H22N2O3S/c1-21(19,20)14(10-12-6-3-2-4-7-12)15(18)17-9-5-8-13(16)11-17/h2-4,6-7,13-14H,5,8-11,16H2,1H3. The number of likely N-dealkylation sites (tertiary alicyclic amines) is 1. The number of nitrogens with zero attached hydrogens (tertiary/aromatic N) is 1. The predicted octanol–water partition coefficient (Wildman–Crippen LogP) is 0.592. The molecule has 21 heavy (non-hydrogen) atoms. The van der Waals surface area contributed by atoms with Gasteiger partial charge in [0.25, 0.3) is 0 Å². The first kappa shape index (κ1) is 16.0. The van der Waals surface area contributed by atoms with E-state index in [9.17, 15) is 13.2 Å². The van der Waals surface area contributed by atoms with E-state index in [1.165, 1.54) is 0 Å². The van der Waals surface area contributed by atoms with Crippen LogP contribution in [0, 0.1) is 0 Å².